The summed E-state index contributed by atoms with van der Waals surface area (Å²) in [5.41, 5.74) is 0. The number of nitrogens with one attached hydrogen (secondary N) is 2. The number of guanidine groups is 1. The fraction of sp³-hybridized carbons (Fsp3) is 0.400. The van der Waals surface area contributed by atoms with Gasteiger partial charge >= 0.3 is 0 Å². The van der Waals surface area contributed by atoms with E-state index in [-0.39, 0.29) is 6.10 Å². The molecule has 1 aromatic heterocycles. The summed E-state index contributed by atoms with van der Waals surface area (Å²) in [6.45, 7) is 4.79. The number of hydrogen-bond acceptors (Lipinski definition) is 5. The molecule has 0 aliphatic rings. The van der Waals surface area contributed by atoms with Crippen molar-refractivity contribution in [3.63, 3.8) is 0 Å². The summed E-state index contributed by atoms with van der Waals surface area (Å²) in [6.07, 6.45) is -0.0281. The van der Waals surface area contributed by atoms with Gasteiger partial charge in [-0.3, -0.25) is 4.99 Å². The van der Waals surface area contributed by atoms with E-state index < -0.39 is 0 Å². The second kappa shape index (κ2) is 8.52. The fourth-order valence-corrected chi connectivity index (χ4v) is 2.21. The standard InChI is InChI=1S/C15H20BrN5O2/c1-10(22-13-7-5-4-6-12(13)16)8-18-15(17-3)19-9-14-20-11(2)23-21-14/h4-7,10H,8-9H2,1-3H3,(H2,17,18,19). The summed E-state index contributed by atoms with van der Waals surface area (Å²) in [5.74, 6) is 2.59. The van der Waals surface area contributed by atoms with Crippen molar-refractivity contribution < 1.29 is 9.26 Å². The van der Waals surface area contributed by atoms with Gasteiger partial charge in [-0.1, -0.05) is 17.3 Å². The molecular formula is C15H20BrN5O2. The Morgan fingerprint density at radius 1 is 1.39 bits per heavy atom. The zero-order chi connectivity index (χ0) is 16.7. The summed E-state index contributed by atoms with van der Waals surface area (Å²) in [4.78, 5) is 8.27. The number of ether oxygens (including phenoxy) is 1. The maximum atomic E-state index is 5.87. The maximum Gasteiger partial charge on any atom is 0.223 e. The first kappa shape index (κ1) is 17.3. The number of nitrogens with zero attached hydrogens (tertiary/aromatic N) is 3. The molecule has 1 aromatic carbocycles. The number of para-hydroxylation sites is 1. The smallest absolute Gasteiger partial charge is 0.223 e. The summed E-state index contributed by atoms with van der Waals surface area (Å²) in [5, 5.41) is 10.1. The molecule has 2 N–H and O–H groups in total. The van der Waals surface area contributed by atoms with Crippen molar-refractivity contribution in [1.82, 2.24) is 20.8 Å². The number of aryl methyl sites for hydroxylation is 1. The van der Waals surface area contributed by atoms with E-state index in [4.69, 9.17) is 9.26 Å². The molecule has 0 fully saturated rings. The molecule has 0 saturated carbocycles. The van der Waals surface area contributed by atoms with Gasteiger partial charge in [-0.15, -0.1) is 0 Å². The lowest BCUT2D eigenvalue weighted by Crippen LogP contribution is -2.41. The van der Waals surface area contributed by atoms with Gasteiger partial charge < -0.3 is 19.9 Å². The Bertz CT molecular complexity index is 659. The number of hydrogen-bond donors (Lipinski definition) is 2. The Kier molecular flexibility index (Phi) is 6.40. The van der Waals surface area contributed by atoms with E-state index in [0.29, 0.717) is 30.8 Å². The molecule has 0 radical (unpaired) electrons. The van der Waals surface area contributed by atoms with Crippen molar-refractivity contribution in [2.75, 3.05) is 13.6 Å². The topological polar surface area (TPSA) is 84.6 Å². The molecule has 8 heteroatoms. The quantitative estimate of drug-likeness (QED) is 0.589. The first-order valence-corrected chi connectivity index (χ1v) is 8.02. The van der Waals surface area contributed by atoms with Crippen molar-refractivity contribution in [3.8, 4) is 5.75 Å². The van der Waals surface area contributed by atoms with Gasteiger partial charge in [-0.25, -0.2) is 0 Å². The molecule has 2 aromatic rings. The molecule has 124 valence electrons. The first-order chi connectivity index (χ1) is 11.1. The molecule has 7 nitrogen and oxygen atoms in total. The van der Waals surface area contributed by atoms with Gasteiger partial charge in [0.25, 0.3) is 0 Å². The summed E-state index contributed by atoms with van der Waals surface area (Å²) in [6, 6.07) is 7.76. The van der Waals surface area contributed by atoms with Crippen molar-refractivity contribution >= 4 is 21.9 Å². The highest BCUT2D eigenvalue weighted by atomic mass is 79.9. The van der Waals surface area contributed by atoms with E-state index in [2.05, 4.69) is 41.7 Å². The Morgan fingerprint density at radius 3 is 2.83 bits per heavy atom. The molecular weight excluding hydrogens is 362 g/mol. The van der Waals surface area contributed by atoms with Crippen LogP contribution in [0.1, 0.15) is 18.6 Å². The summed E-state index contributed by atoms with van der Waals surface area (Å²) >= 11 is 3.47. The molecule has 2 rings (SSSR count). The summed E-state index contributed by atoms with van der Waals surface area (Å²) < 4.78 is 11.7. The minimum absolute atomic E-state index is 0.0281. The number of aliphatic imine (C=N–C) groups is 1. The van der Waals surface area contributed by atoms with Crippen LogP contribution in [0.2, 0.25) is 0 Å². The lowest BCUT2D eigenvalue weighted by Gasteiger charge is -2.18. The minimum atomic E-state index is -0.0281. The van der Waals surface area contributed by atoms with Crippen LogP contribution in [-0.2, 0) is 6.54 Å². The third-order valence-corrected chi connectivity index (χ3v) is 3.58. The Balaban J connectivity index is 1.77. The van der Waals surface area contributed by atoms with E-state index in [1.807, 2.05) is 31.2 Å². The second-order valence-corrected chi connectivity index (χ2v) is 5.75. The van der Waals surface area contributed by atoms with Crippen molar-refractivity contribution in [2.24, 2.45) is 4.99 Å². The van der Waals surface area contributed by atoms with Gasteiger partial charge in [-0.05, 0) is 35.0 Å². The number of rotatable bonds is 6. The molecule has 23 heavy (non-hydrogen) atoms. The molecule has 0 spiro atoms. The first-order valence-electron chi connectivity index (χ1n) is 7.23. The molecule has 0 saturated heterocycles. The third-order valence-electron chi connectivity index (χ3n) is 2.93. The lowest BCUT2D eigenvalue weighted by atomic mass is 10.3. The largest absolute Gasteiger partial charge is 0.488 e. The minimum Gasteiger partial charge on any atom is -0.488 e. The zero-order valence-electron chi connectivity index (χ0n) is 13.3. The molecule has 1 heterocycles. The average Bonchev–Trinajstić information content (AvgIpc) is 2.95. The van der Waals surface area contributed by atoms with Gasteiger partial charge in [0.15, 0.2) is 11.8 Å². The van der Waals surface area contributed by atoms with Gasteiger partial charge in [0.2, 0.25) is 5.89 Å². The zero-order valence-corrected chi connectivity index (χ0v) is 14.9. The van der Waals surface area contributed by atoms with Crippen LogP contribution in [0.3, 0.4) is 0 Å². The maximum absolute atomic E-state index is 5.87. The van der Waals surface area contributed by atoms with Gasteiger partial charge in [0.05, 0.1) is 17.6 Å². The Hall–Kier alpha value is -2.09. The molecule has 0 amide bonds. The molecule has 0 aliphatic heterocycles. The van der Waals surface area contributed by atoms with Gasteiger partial charge in [0.1, 0.15) is 11.9 Å². The Morgan fingerprint density at radius 2 is 2.17 bits per heavy atom. The van der Waals surface area contributed by atoms with Crippen molar-refractivity contribution in [1.29, 1.82) is 0 Å². The van der Waals surface area contributed by atoms with E-state index >= 15 is 0 Å². The van der Waals surface area contributed by atoms with E-state index in [1.165, 1.54) is 0 Å². The van der Waals surface area contributed by atoms with Crippen LogP contribution in [0, 0.1) is 6.92 Å². The van der Waals surface area contributed by atoms with Crippen molar-refractivity contribution in [2.45, 2.75) is 26.5 Å². The van der Waals surface area contributed by atoms with E-state index in [9.17, 15) is 0 Å². The fourth-order valence-electron chi connectivity index (χ4n) is 1.84. The van der Waals surface area contributed by atoms with Crippen LogP contribution < -0.4 is 15.4 Å². The highest BCUT2D eigenvalue weighted by molar-refractivity contribution is 9.10. The van der Waals surface area contributed by atoms with Crippen LogP contribution in [-0.4, -0.2) is 35.8 Å². The number of halogens is 1. The highest BCUT2D eigenvalue weighted by Crippen LogP contribution is 2.24. The predicted molar refractivity (Wildman–Crippen MR) is 91.5 cm³/mol. The number of aromatic nitrogens is 2. The highest BCUT2D eigenvalue weighted by Gasteiger charge is 2.08. The molecule has 1 unspecified atom stereocenters. The van der Waals surface area contributed by atoms with E-state index in [1.54, 1.807) is 14.0 Å². The van der Waals surface area contributed by atoms with Crippen LogP contribution >= 0.6 is 15.9 Å². The molecule has 0 aliphatic carbocycles. The van der Waals surface area contributed by atoms with E-state index in [0.717, 1.165) is 10.2 Å². The van der Waals surface area contributed by atoms with Crippen LogP contribution in [0.4, 0.5) is 0 Å². The molecule has 1 atom stereocenters. The van der Waals surface area contributed by atoms with Gasteiger partial charge in [-0.2, -0.15) is 4.98 Å². The van der Waals surface area contributed by atoms with Crippen LogP contribution in [0.15, 0.2) is 38.3 Å². The third kappa shape index (κ3) is 5.55. The average molecular weight is 382 g/mol. The molecule has 0 bridgehead atoms. The SMILES string of the molecule is CN=C(NCc1noc(C)n1)NCC(C)Oc1ccccc1Br. The van der Waals surface area contributed by atoms with Crippen LogP contribution in [0.25, 0.3) is 0 Å². The monoisotopic (exact) mass is 381 g/mol. The van der Waals surface area contributed by atoms with Crippen LogP contribution in [0.5, 0.6) is 5.75 Å². The number of benzene rings is 1. The van der Waals surface area contributed by atoms with Gasteiger partial charge in [0, 0.05) is 14.0 Å². The summed E-state index contributed by atoms with van der Waals surface area (Å²) in [7, 11) is 1.70. The van der Waals surface area contributed by atoms with Crippen molar-refractivity contribution in [3.05, 3.63) is 40.5 Å². The lowest BCUT2D eigenvalue weighted by molar-refractivity contribution is 0.222. The predicted octanol–water partition coefficient (Wildman–Crippen LogP) is 2.27. The Labute approximate surface area is 143 Å². The normalized spacial score (nSPS) is 12.8. The second-order valence-electron chi connectivity index (χ2n) is 4.90.